The van der Waals surface area contributed by atoms with Gasteiger partial charge in [-0.1, -0.05) is 28.9 Å². The first-order valence-corrected chi connectivity index (χ1v) is 4.89. The van der Waals surface area contributed by atoms with Crippen molar-refractivity contribution in [2.75, 3.05) is 11.4 Å². The Labute approximate surface area is 91.8 Å². The molecule has 0 aromatic heterocycles. The van der Waals surface area contributed by atoms with Crippen LogP contribution in [0.25, 0.3) is 0 Å². The molecule has 1 N–H and O–H groups in total. The minimum absolute atomic E-state index is 0.176. The van der Waals surface area contributed by atoms with Crippen LogP contribution >= 0.6 is 11.6 Å². The summed E-state index contributed by atoms with van der Waals surface area (Å²) < 4.78 is 0. The smallest absolute Gasteiger partial charge is 0.276 e. The van der Waals surface area contributed by atoms with Crippen molar-refractivity contribution in [2.45, 2.75) is 6.42 Å². The summed E-state index contributed by atoms with van der Waals surface area (Å²) in [5.41, 5.74) is 0.831. The van der Waals surface area contributed by atoms with Gasteiger partial charge in [0.15, 0.2) is 0 Å². The molecule has 5 heteroatoms. The second-order valence-electron chi connectivity index (χ2n) is 3.20. The average molecular weight is 225 g/mol. The Bertz CT molecular complexity index is 431. The van der Waals surface area contributed by atoms with Gasteiger partial charge in [0.05, 0.1) is 10.7 Å². The maximum absolute atomic E-state index is 11.7. The van der Waals surface area contributed by atoms with E-state index in [1.807, 2.05) is 6.07 Å². The van der Waals surface area contributed by atoms with E-state index in [1.165, 1.54) is 4.90 Å². The number of oxime groups is 1. The molecule has 1 fully saturated rings. The van der Waals surface area contributed by atoms with E-state index in [2.05, 4.69) is 5.16 Å². The van der Waals surface area contributed by atoms with Gasteiger partial charge in [0.25, 0.3) is 5.91 Å². The maximum atomic E-state index is 11.7. The van der Waals surface area contributed by atoms with E-state index in [-0.39, 0.29) is 11.6 Å². The van der Waals surface area contributed by atoms with Crippen LogP contribution in [-0.2, 0) is 4.79 Å². The van der Waals surface area contributed by atoms with E-state index in [4.69, 9.17) is 16.8 Å². The van der Waals surface area contributed by atoms with Crippen LogP contribution in [0.4, 0.5) is 5.69 Å². The summed E-state index contributed by atoms with van der Waals surface area (Å²) in [6.07, 6.45) is 0.445. The van der Waals surface area contributed by atoms with Crippen molar-refractivity contribution >= 4 is 28.9 Å². The number of carbonyl (C=O) groups excluding carboxylic acids is 1. The third-order valence-electron chi connectivity index (χ3n) is 2.33. The zero-order valence-corrected chi connectivity index (χ0v) is 8.61. The summed E-state index contributed by atoms with van der Waals surface area (Å²) in [5, 5.41) is 12.1. The molecule has 0 saturated carbocycles. The minimum atomic E-state index is -0.286. The third kappa shape index (κ3) is 1.68. The highest BCUT2D eigenvalue weighted by atomic mass is 35.5. The number of nitrogens with zero attached hydrogens (tertiary/aromatic N) is 2. The van der Waals surface area contributed by atoms with Crippen LogP contribution in [0, 0.1) is 0 Å². The standard InChI is InChI=1S/C10H9ClN2O2/c11-7-3-1-2-4-9(7)13-6-5-8(12-15)10(13)14/h1-4,15H,5-6H2/b12-8-. The summed E-state index contributed by atoms with van der Waals surface area (Å²) in [7, 11) is 0. The first-order valence-electron chi connectivity index (χ1n) is 4.51. The SMILES string of the molecule is O=C1/C(=N\O)CCN1c1ccccc1Cl. The highest BCUT2D eigenvalue weighted by Gasteiger charge is 2.30. The molecule has 1 amide bonds. The van der Waals surface area contributed by atoms with Gasteiger partial charge in [0.1, 0.15) is 5.71 Å². The Kier molecular flexibility index (Phi) is 2.60. The van der Waals surface area contributed by atoms with Crippen molar-refractivity contribution in [1.29, 1.82) is 0 Å². The predicted molar refractivity (Wildman–Crippen MR) is 57.6 cm³/mol. The number of halogens is 1. The van der Waals surface area contributed by atoms with Crippen molar-refractivity contribution in [1.82, 2.24) is 0 Å². The number of benzene rings is 1. The number of hydrogen-bond acceptors (Lipinski definition) is 3. The van der Waals surface area contributed by atoms with Crippen LogP contribution < -0.4 is 4.90 Å². The molecule has 1 saturated heterocycles. The van der Waals surface area contributed by atoms with Gasteiger partial charge in [-0.2, -0.15) is 0 Å². The van der Waals surface area contributed by atoms with Crippen LogP contribution in [-0.4, -0.2) is 23.4 Å². The van der Waals surface area contributed by atoms with Crippen LogP contribution in [0.5, 0.6) is 0 Å². The van der Waals surface area contributed by atoms with Crippen LogP contribution in [0.15, 0.2) is 29.4 Å². The Balaban J connectivity index is 2.35. The summed E-state index contributed by atoms with van der Waals surface area (Å²) >= 11 is 5.96. The van der Waals surface area contributed by atoms with Gasteiger partial charge in [0, 0.05) is 13.0 Å². The molecule has 78 valence electrons. The van der Waals surface area contributed by atoms with E-state index in [9.17, 15) is 4.79 Å². The lowest BCUT2D eigenvalue weighted by Gasteiger charge is -2.15. The Morgan fingerprint density at radius 1 is 1.40 bits per heavy atom. The van der Waals surface area contributed by atoms with Gasteiger partial charge in [-0.3, -0.25) is 4.79 Å². The topological polar surface area (TPSA) is 52.9 Å². The number of amides is 1. The summed E-state index contributed by atoms with van der Waals surface area (Å²) in [6, 6.07) is 7.09. The number of para-hydroxylation sites is 1. The number of hydrogen-bond donors (Lipinski definition) is 1. The monoisotopic (exact) mass is 224 g/mol. The van der Waals surface area contributed by atoms with Gasteiger partial charge in [-0.05, 0) is 12.1 Å². The zero-order valence-electron chi connectivity index (χ0n) is 7.85. The Hall–Kier alpha value is -1.55. The molecule has 1 aromatic rings. The fourth-order valence-corrected chi connectivity index (χ4v) is 1.81. The lowest BCUT2D eigenvalue weighted by atomic mass is 10.3. The first-order chi connectivity index (χ1) is 7.24. The summed E-state index contributed by atoms with van der Waals surface area (Å²) in [4.78, 5) is 13.2. The second-order valence-corrected chi connectivity index (χ2v) is 3.61. The summed E-state index contributed by atoms with van der Waals surface area (Å²) in [5.74, 6) is -0.286. The highest BCUT2D eigenvalue weighted by molar-refractivity contribution is 6.46. The molecule has 1 aromatic carbocycles. The predicted octanol–water partition coefficient (Wildman–Crippen LogP) is 1.91. The molecule has 4 nitrogen and oxygen atoms in total. The van der Waals surface area contributed by atoms with E-state index >= 15 is 0 Å². The van der Waals surface area contributed by atoms with Gasteiger partial charge in [0.2, 0.25) is 0 Å². The van der Waals surface area contributed by atoms with Gasteiger partial charge < -0.3 is 10.1 Å². The van der Waals surface area contributed by atoms with E-state index in [1.54, 1.807) is 18.2 Å². The molecule has 0 aliphatic carbocycles. The highest BCUT2D eigenvalue weighted by Crippen LogP contribution is 2.27. The molecule has 1 heterocycles. The lowest BCUT2D eigenvalue weighted by Crippen LogP contribution is -2.27. The van der Waals surface area contributed by atoms with Crippen LogP contribution in [0.2, 0.25) is 5.02 Å². The van der Waals surface area contributed by atoms with Crippen molar-refractivity contribution in [3.05, 3.63) is 29.3 Å². The largest absolute Gasteiger partial charge is 0.410 e. The zero-order chi connectivity index (χ0) is 10.8. The average Bonchev–Trinajstić information content (AvgIpc) is 2.60. The minimum Gasteiger partial charge on any atom is -0.410 e. The van der Waals surface area contributed by atoms with E-state index in [0.717, 1.165) is 0 Å². The molecule has 0 bridgehead atoms. The number of rotatable bonds is 1. The molecular weight excluding hydrogens is 216 g/mol. The molecule has 0 radical (unpaired) electrons. The molecule has 0 spiro atoms. The molecule has 1 aliphatic heterocycles. The fraction of sp³-hybridized carbons (Fsp3) is 0.200. The maximum Gasteiger partial charge on any atom is 0.276 e. The van der Waals surface area contributed by atoms with Gasteiger partial charge in [-0.15, -0.1) is 0 Å². The molecule has 1 aliphatic rings. The van der Waals surface area contributed by atoms with E-state index < -0.39 is 0 Å². The van der Waals surface area contributed by atoms with Crippen molar-refractivity contribution < 1.29 is 10.0 Å². The lowest BCUT2D eigenvalue weighted by molar-refractivity contribution is -0.112. The molecule has 0 atom stereocenters. The second kappa shape index (κ2) is 3.90. The molecule has 15 heavy (non-hydrogen) atoms. The number of anilines is 1. The molecular formula is C10H9ClN2O2. The summed E-state index contributed by atoms with van der Waals surface area (Å²) in [6.45, 7) is 0.502. The molecule has 0 unspecified atom stereocenters. The van der Waals surface area contributed by atoms with Gasteiger partial charge in [-0.25, -0.2) is 0 Å². The fourth-order valence-electron chi connectivity index (χ4n) is 1.58. The van der Waals surface area contributed by atoms with Crippen LogP contribution in [0.3, 0.4) is 0 Å². The van der Waals surface area contributed by atoms with Crippen molar-refractivity contribution in [3.63, 3.8) is 0 Å². The van der Waals surface area contributed by atoms with Crippen LogP contribution in [0.1, 0.15) is 6.42 Å². The molecule has 2 rings (SSSR count). The third-order valence-corrected chi connectivity index (χ3v) is 2.65. The normalized spacial score (nSPS) is 18.9. The van der Waals surface area contributed by atoms with Crippen molar-refractivity contribution in [2.24, 2.45) is 5.16 Å². The van der Waals surface area contributed by atoms with Gasteiger partial charge >= 0.3 is 0 Å². The Morgan fingerprint density at radius 3 is 2.73 bits per heavy atom. The van der Waals surface area contributed by atoms with E-state index in [0.29, 0.717) is 23.7 Å². The van der Waals surface area contributed by atoms with Crippen molar-refractivity contribution in [3.8, 4) is 0 Å². The quantitative estimate of drug-likeness (QED) is 0.585. The number of carbonyl (C=O) groups is 1. The first kappa shape index (κ1) is 9.98. The Morgan fingerprint density at radius 2 is 2.13 bits per heavy atom.